The number of hydrogen-bond acceptors (Lipinski definition) is 15. The van der Waals surface area contributed by atoms with Crippen LogP contribution in [0.25, 0.3) is 0 Å². The van der Waals surface area contributed by atoms with Gasteiger partial charge in [0.05, 0.1) is 37.1 Å². The first-order valence-corrected chi connectivity index (χ1v) is 20.1. The van der Waals surface area contributed by atoms with E-state index in [1.165, 1.54) is 20.8 Å². The minimum atomic E-state index is -1.86. The molecule has 0 unspecified atom stereocenters. The number of fused-ring (bicyclic) bond motifs is 5. The van der Waals surface area contributed by atoms with E-state index in [0.717, 1.165) is 0 Å². The summed E-state index contributed by atoms with van der Waals surface area (Å²) in [5.41, 5.74) is 3.61. The third kappa shape index (κ3) is 11.3. The second kappa shape index (κ2) is 20.0. The zero-order valence-electron chi connectivity index (χ0n) is 35.8. The predicted octanol–water partition coefficient (Wildman–Crippen LogP) is 2.95. The Morgan fingerprint density at radius 3 is 2.47 bits per heavy atom. The summed E-state index contributed by atoms with van der Waals surface area (Å²) in [6, 6.07) is 4.77. The Hall–Kier alpha value is -3.82. The van der Waals surface area contributed by atoms with Crippen LogP contribution in [0.2, 0.25) is 0 Å². The maximum atomic E-state index is 14.5. The van der Waals surface area contributed by atoms with Crippen molar-refractivity contribution in [2.75, 3.05) is 39.6 Å². The van der Waals surface area contributed by atoms with Crippen molar-refractivity contribution in [1.82, 2.24) is 9.88 Å². The van der Waals surface area contributed by atoms with Gasteiger partial charge in [0.15, 0.2) is 18.7 Å². The number of amides is 1. The van der Waals surface area contributed by atoms with Crippen molar-refractivity contribution in [3.05, 3.63) is 23.9 Å². The van der Waals surface area contributed by atoms with E-state index in [2.05, 4.69) is 27.0 Å². The molecule has 3 saturated heterocycles. The summed E-state index contributed by atoms with van der Waals surface area (Å²) >= 11 is 0. The highest BCUT2D eigenvalue weighted by molar-refractivity contribution is 6.00. The molecule has 3 fully saturated rings. The lowest BCUT2D eigenvalue weighted by molar-refractivity contribution is -0.296. The molecule has 0 saturated carbocycles. The Labute approximate surface area is 342 Å². The van der Waals surface area contributed by atoms with Crippen molar-refractivity contribution >= 4 is 34.9 Å². The number of pyridine rings is 1. The number of nitrogen functional groups attached to an aromatic ring is 1. The normalized spacial score (nSPS) is 38.2. The number of anilines is 1. The monoisotopic (exact) mass is 813 g/mol. The molecule has 1 aromatic heterocycles. The molecule has 16 heteroatoms. The van der Waals surface area contributed by atoms with Crippen LogP contribution in [0, 0.1) is 35.5 Å². The number of aromatic nitrogens is 1. The van der Waals surface area contributed by atoms with Crippen molar-refractivity contribution in [2.24, 2.45) is 33.8 Å². The van der Waals surface area contributed by atoms with Crippen LogP contribution in [0.5, 0.6) is 0 Å². The van der Waals surface area contributed by atoms with Crippen LogP contribution < -0.4 is 5.73 Å². The Bertz CT molecular complexity index is 1740. The molecule has 322 valence electrons. The number of oxime groups is 1. The number of nitrogens with zero attached hydrogens (tertiary/aromatic N) is 4. The number of esters is 1. The van der Waals surface area contributed by atoms with Crippen molar-refractivity contribution in [2.45, 2.75) is 136 Å². The number of nitrogens with two attached hydrogens (primary N) is 1. The van der Waals surface area contributed by atoms with E-state index in [-0.39, 0.29) is 50.5 Å². The van der Waals surface area contributed by atoms with Crippen LogP contribution >= 0.6 is 0 Å². The van der Waals surface area contributed by atoms with E-state index in [0.29, 0.717) is 23.6 Å². The zero-order chi connectivity index (χ0) is 43.1. The SMILES string of the molecule is CC[C@H]1OC(=O)[C@H](C)C(=O)[C@H](C)[C@@H](O[C@@H]2O[C@H](C)C[C@H](N(C)C)[C@H]2O)[C@@]2(C)C[C@@H](C)C(=NC(C)=O)[C@H](C)[C@@H](OC/C(=N\OCC#Cc3cccc(N)n3)CO2)[C@]1(C)O. The smallest absolute Gasteiger partial charge is 0.316 e. The van der Waals surface area contributed by atoms with Gasteiger partial charge in [-0.25, -0.2) is 9.98 Å². The fraction of sp³-hybridized carbons (Fsp3) is 0.714. The molecule has 4 N–H and O–H groups in total. The molecule has 3 aliphatic heterocycles. The molecular weight excluding hydrogens is 750 g/mol. The van der Waals surface area contributed by atoms with Gasteiger partial charge in [-0.05, 0) is 85.0 Å². The number of aliphatic imine (C=N–C) groups is 1. The van der Waals surface area contributed by atoms with Crippen molar-refractivity contribution in [3.63, 3.8) is 0 Å². The van der Waals surface area contributed by atoms with Crippen LogP contribution in [0.3, 0.4) is 0 Å². The van der Waals surface area contributed by atoms with Gasteiger partial charge in [-0.15, -0.1) is 0 Å². The van der Waals surface area contributed by atoms with Gasteiger partial charge >= 0.3 is 5.97 Å². The number of carbonyl (C=O) groups is 3. The standard InChI is InChI=1S/C42H63N5O11/c1-12-32-42(9,52)38-25(4)34(44-28(7)48)23(2)20-41(8,54-22-30(21-53-38)46-55-18-14-16-29-15-13-17-33(43)45-29)37(26(5)35(49)27(6)39(51)57-32)58-40-36(50)31(47(10)11)19-24(3)56-40/h13,15,17,23-27,31-32,36-38,40,50,52H,12,18-22H2,1-11H3,(H2,43,45)/b44-34?,46-30+/t23-,24-,25+,26+,27-,31+,32-,36-,37-,38-,40+,41-,42-/m1/s1. The summed E-state index contributed by atoms with van der Waals surface area (Å²) < 4.78 is 32.3. The van der Waals surface area contributed by atoms with Gasteiger partial charge in [-0.2, -0.15) is 0 Å². The van der Waals surface area contributed by atoms with E-state index in [9.17, 15) is 24.6 Å². The summed E-state index contributed by atoms with van der Waals surface area (Å²) in [6.07, 6.45) is -5.20. The van der Waals surface area contributed by atoms with E-state index in [4.69, 9.17) is 34.3 Å². The zero-order valence-corrected chi connectivity index (χ0v) is 35.8. The van der Waals surface area contributed by atoms with E-state index in [1.54, 1.807) is 45.9 Å². The Kier molecular flexibility index (Phi) is 16.1. The summed E-state index contributed by atoms with van der Waals surface area (Å²) in [7, 11) is 3.72. The Morgan fingerprint density at radius 2 is 1.83 bits per heavy atom. The third-order valence-electron chi connectivity index (χ3n) is 11.4. The number of aliphatic hydroxyl groups excluding tert-OH is 1. The van der Waals surface area contributed by atoms with Crippen LogP contribution in [-0.2, 0) is 42.9 Å². The first kappa shape index (κ1) is 46.9. The molecule has 0 aliphatic carbocycles. The van der Waals surface area contributed by atoms with E-state index in [1.807, 2.05) is 32.8 Å². The highest BCUT2D eigenvalue weighted by atomic mass is 16.7. The highest BCUT2D eigenvalue weighted by Crippen LogP contribution is 2.40. The van der Waals surface area contributed by atoms with Crippen molar-refractivity contribution < 1.29 is 53.1 Å². The summed E-state index contributed by atoms with van der Waals surface area (Å²) in [6.45, 7) is 14.4. The van der Waals surface area contributed by atoms with Gasteiger partial charge in [0, 0.05) is 30.5 Å². The number of rotatable bonds is 6. The molecule has 0 aromatic carbocycles. The Morgan fingerprint density at radius 1 is 1.12 bits per heavy atom. The lowest BCUT2D eigenvalue weighted by Crippen LogP contribution is -2.60. The first-order valence-electron chi connectivity index (χ1n) is 20.1. The number of ether oxygens (including phenoxy) is 5. The van der Waals surface area contributed by atoms with E-state index < -0.39 is 83.2 Å². The summed E-state index contributed by atoms with van der Waals surface area (Å²) in [5, 5.41) is 28.3. The minimum absolute atomic E-state index is 0.124. The molecule has 1 amide bonds. The molecule has 58 heavy (non-hydrogen) atoms. The number of cyclic esters (lactones) is 1. The highest BCUT2D eigenvalue weighted by Gasteiger charge is 2.53. The number of carbonyl (C=O) groups excluding carboxylic acids is 3. The first-order chi connectivity index (χ1) is 27.2. The molecule has 4 rings (SSSR count). The molecule has 1 aromatic rings. The van der Waals surface area contributed by atoms with Gasteiger partial charge in [0.2, 0.25) is 5.91 Å². The van der Waals surface area contributed by atoms with Crippen LogP contribution in [0.15, 0.2) is 28.3 Å². The van der Waals surface area contributed by atoms with E-state index >= 15 is 0 Å². The quantitative estimate of drug-likeness (QED) is 0.124. The number of aliphatic hydroxyl groups is 2. The lowest BCUT2D eigenvalue weighted by atomic mass is 9.73. The largest absolute Gasteiger partial charge is 0.459 e. The second-order valence-electron chi connectivity index (χ2n) is 16.6. The number of ketones is 1. The molecule has 2 bridgehead atoms. The maximum Gasteiger partial charge on any atom is 0.316 e. The number of Topliss-reactive ketones (excluding diaryl/α,β-unsaturated/α-hetero) is 1. The number of likely N-dealkylation sites (N-methyl/N-ethyl adjacent to an activating group) is 1. The summed E-state index contributed by atoms with van der Waals surface area (Å²) in [4.78, 5) is 57.2. The molecule has 4 heterocycles. The van der Waals surface area contributed by atoms with Crippen molar-refractivity contribution in [1.29, 1.82) is 0 Å². The number of hydrogen-bond donors (Lipinski definition) is 3. The Balaban J connectivity index is 1.91. The fourth-order valence-electron chi connectivity index (χ4n) is 8.41. The molecule has 16 nitrogen and oxygen atoms in total. The molecular formula is C42H63N5O11. The van der Waals surface area contributed by atoms with Gasteiger partial charge in [-0.1, -0.05) is 44.8 Å². The molecule has 0 radical (unpaired) electrons. The fourth-order valence-corrected chi connectivity index (χ4v) is 8.41. The molecule has 0 spiro atoms. The maximum absolute atomic E-state index is 14.5. The van der Waals surface area contributed by atoms with Crippen LogP contribution in [0.4, 0.5) is 5.82 Å². The van der Waals surface area contributed by atoms with Crippen LogP contribution in [-0.4, -0.2) is 137 Å². The average Bonchev–Trinajstić information content (AvgIpc) is 3.17. The lowest BCUT2D eigenvalue weighted by Gasteiger charge is -2.47. The topological polar surface area (TPSA) is 214 Å². The molecule has 13 atom stereocenters. The molecule has 3 aliphatic rings. The summed E-state index contributed by atoms with van der Waals surface area (Å²) in [5.74, 6) is 0.674. The van der Waals surface area contributed by atoms with Crippen LogP contribution in [0.1, 0.15) is 87.3 Å². The van der Waals surface area contributed by atoms with Gasteiger partial charge in [-0.3, -0.25) is 14.4 Å². The third-order valence-corrected chi connectivity index (χ3v) is 11.4. The predicted molar refractivity (Wildman–Crippen MR) is 216 cm³/mol. The van der Waals surface area contributed by atoms with Gasteiger partial charge in [0.25, 0.3) is 0 Å². The van der Waals surface area contributed by atoms with Crippen molar-refractivity contribution in [3.8, 4) is 11.8 Å². The second-order valence-corrected chi connectivity index (χ2v) is 16.6. The minimum Gasteiger partial charge on any atom is -0.459 e. The average molecular weight is 814 g/mol. The van der Waals surface area contributed by atoms with Gasteiger partial charge < -0.3 is 49.4 Å². The van der Waals surface area contributed by atoms with Gasteiger partial charge in [0.1, 0.15) is 41.0 Å².